The van der Waals surface area contributed by atoms with Gasteiger partial charge in [0.2, 0.25) is 0 Å². The minimum Gasteiger partial charge on any atom is -0.481 e. The number of ether oxygens (including phenoxy) is 1. The fourth-order valence-electron chi connectivity index (χ4n) is 1.53. The molecular weight excluding hydrogens is 244 g/mol. The van der Waals surface area contributed by atoms with Gasteiger partial charge in [0.05, 0.1) is 0 Å². The van der Waals surface area contributed by atoms with Crippen molar-refractivity contribution >= 4 is 11.7 Å². The molecule has 5 heteroatoms. The molecule has 0 aliphatic carbocycles. The predicted molar refractivity (Wildman–Crippen MR) is 71.1 cm³/mol. The SMILES string of the molecule is Cc1ccc(OC(C)C(=O)Nc2cc(C)on2)cc1. The summed E-state index contributed by atoms with van der Waals surface area (Å²) in [4.78, 5) is 11.9. The van der Waals surface area contributed by atoms with E-state index in [2.05, 4.69) is 10.5 Å². The van der Waals surface area contributed by atoms with Crippen molar-refractivity contribution in [1.82, 2.24) is 5.16 Å². The minimum atomic E-state index is -0.611. The van der Waals surface area contributed by atoms with Crippen LogP contribution in [0.15, 0.2) is 34.9 Å². The van der Waals surface area contributed by atoms with E-state index < -0.39 is 6.10 Å². The first-order valence-electron chi connectivity index (χ1n) is 6.02. The highest BCUT2D eigenvalue weighted by molar-refractivity contribution is 5.93. The second kappa shape index (κ2) is 5.56. The number of anilines is 1. The number of rotatable bonds is 4. The Bertz CT molecular complexity index is 560. The molecule has 19 heavy (non-hydrogen) atoms. The maximum atomic E-state index is 11.9. The van der Waals surface area contributed by atoms with Crippen molar-refractivity contribution < 1.29 is 14.1 Å². The van der Waals surface area contributed by atoms with Crippen molar-refractivity contribution in [2.24, 2.45) is 0 Å². The summed E-state index contributed by atoms with van der Waals surface area (Å²) >= 11 is 0. The molecule has 2 aromatic rings. The van der Waals surface area contributed by atoms with Crippen molar-refractivity contribution in [3.63, 3.8) is 0 Å². The lowest BCUT2D eigenvalue weighted by Gasteiger charge is -2.13. The second-order valence-electron chi connectivity index (χ2n) is 4.39. The van der Waals surface area contributed by atoms with Crippen LogP contribution >= 0.6 is 0 Å². The zero-order chi connectivity index (χ0) is 13.8. The fourth-order valence-corrected chi connectivity index (χ4v) is 1.53. The molecule has 0 aliphatic rings. The first-order chi connectivity index (χ1) is 9.04. The van der Waals surface area contributed by atoms with Crippen molar-refractivity contribution in [1.29, 1.82) is 0 Å². The number of nitrogens with one attached hydrogen (secondary N) is 1. The Labute approximate surface area is 111 Å². The lowest BCUT2D eigenvalue weighted by Crippen LogP contribution is -2.30. The molecule has 0 aliphatic heterocycles. The summed E-state index contributed by atoms with van der Waals surface area (Å²) in [7, 11) is 0. The lowest BCUT2D eigenvalue weighted by molar-refractivity contribution is -0.122. The Morgan fingerprint density at radius 1 is 1.32 bits per heavy atom. The number of aromatic nitrogens is 1. The number of carbonyl (C=O) groups is 1. The van der Waals surface area contributed by atoms with E-state index in [4.69, 9.17) is 9.26 Å². The van der Waals surface area contributed by atoms with Crippen molar-refractivity contribution in [3.8, 4) is 5.75 Å². The summed E-state index contributed by atoms with van der Waals surface area (Å²) in [5.41, 5.74) is 1.14. The van der Waals surface area contributed by atoms with Gasteiger partial charge >= 0.3 is 0 Å². The molecule has 1 aromatic carbocycles. The van der Waals surface area contributed by atoms with Gasteiger partial charge in [-0.05, 0) is 32.9 Å². The lowest BCUT2D eigenvalue weighted by atomic mass is 10.2. The summed E-state index contributed by atoms with van der Waals surface area (Å²) in [6, 6.07) is 9.18. The van der Waals surface area contributed by atoms with E-state index in [0.717, 1.165) is 5.56 Å². The van der Waals surface area contributed by atoms with Crippen molar-refractivity contribution in [2.45, 2.75) is 26.9 Å². The molecule has 0 bridgehead atoms. The summed E-state index contributed by atoms with van der Waals surface area (Å²) in [5.74, 6) is 1.42. The van der Waals surface area contributed by atoms with Gasteiger partial charge in [-0.25, -0.2) is 0 Å². The molecule has 1 amide bonds. The molecule has 2 rings (SSSR count). The third-order valence-corrected chi connectivity index (χ3v) is 2.58. The molecule has 1 atom stereocenters. The summed E-state index contributed by atoms with van der Waals surface area (Å²) in [6.07, 6.45) is -0.611. The van der Waals surface area contributed by atoms with Crippen LogP contribution in [-0.2, 0) is 4.79 Å². The minimum absolute atomic E-state index is 0.270. The Balaban J connectivity index is 1.94. The molecule has 0 saturated carbocycles. The molecule has 1 unspecified atom stereocenters. The average molecular weight is 260 g/mol. The van der Waals surface area contributed by atoms with E-state index in [1.165, 1.54) is 0 Å². The van der Waals surface area contributed by atoms with Gasteiger partial charge in [0, 0.05) is 6.07 Å². The van der Waals surface area contributed by atoms with Crippen LogP contribution < -0.4 is 10.1 Å². The Hall–Kier alpha value is -2.30. The quantitative estimate of drug-likeness (QED) is 0.918. The van der Waals surface area contributed by atoms with Gasteiger partial charge in [-0.2, -0.15) is 0 Å². The molecule has 0 fully saturated rings. The zero-order valence-electron chi connectivity index (χ0n) is 11.1. The average Bonchev–Trinajstić information content (AvgIpc) is 2.77. The Kier molecular flexibility index (Phi) is 3.85. The zero-order valence-corrected chi connectivity index (χ0v) is 11.1. The highest BCUT2D eigenvalue weighted by Crippen LogP contribution is 2.14. The smallest absolute Gasteiger partial charge is 0.266 e. The number of hydrogen-bond donors (Lipinski definition) is 1. The van der Waals surface area contributed by atoms with Gasteiger partial charge in [0.1, 0.15) is 11.5 Å². The van der Waals surface area contributed by atoms with Gasteiger partial charge in [-0.15, -0.1) is 0 Å². The molecule has 1 N–H and O–H groups in total. The summed E-state index contributed by atoms with van der Waals surface area (Å²) in [5, 5.41) is 6.32. The predicted octanol–water partition coefficient (Wildman–Crippen LogP) is 2.70. The van der Waals surface area contributed by atoms with Crippen LogP contribution in [0.3, 0.4) is 0 Å². The summed E-state index contributed by atoms with van der Waals surface area (Å²) < 4.78 is 10.4. The van der Waals surface area contributed by atoms with Crippen molar-refractivity contribution in [3.05, 3.63) is 41.7 Å². The molecule has 1 heterocycles. The van der Waals surface area contributed by atoms with Gasteiger partial charge in [-0.3, -0.25) is 4.79 Å². The van der Waals surface area contributed by atoms with Gasteiger partial charge in [-0.1, -0.05) is 22.9 Å². The number of carbonyl (C=O) groups excluding carboxylic acids is 1. The van der Waals surface area contributed by atoms with Gasteiger partial charge < -0.3 is 14.6 Å². The largest absolute Gasteiger partial charge is 0.481 e. The van der Waals surface area contributed by atoms with Crippen LogP contribution in [0.5, 0.6) is 5.75 Å². The van der Waals surface area contributed by atoms with Crippen LogP contribution in [0, 0.1) is 13.8 Å². The number of amides is 1. The summed E-state index contributed by atoms with van der Waals surface area (Å²) in [6.45, 7) is 5.43. The fraction of sp³-hybridized carbons (Fsp3) is 0.286. The third kappa shape index (κ3) is 3.58. The first kappa shape index (κ1) is 13.1. The van der Waals surface area contributed by atoms with E-state index >= 15 is 0 Å². The van der Waals surface area contributed by atoms with E-state index in [9.17, 15) is 4.79 Å². The number of hydrogen-bond acceptors (Lipinski definition) is 4. The normalized spacial score (nSPS) is 11.9. The van der Waals surface area contributed by atoms with Crippen LogP contribution in [0.4, 0.5) is 5.82 Å². The highest BCUT2D eigenvalue weighted by Gasteiger charge is 2.16. The van der Waals surface area contributed by atoms with E-state index in [0.29, 0.717) is 17.3 Å². The molecule has 0 saturated heterocycles. The van der Waals surface area contributed by atoms with E-state index in [1.54, 1.807) is 19.9 Å². The molecular formula is C14H16N2O3. The maximum Gasteiger partial charge on any atom is 0.266 e. The standard InChI is InChI=1S/C14H16N2O3/c1-9-4-6-12(7-5-9)18-11(3)14(17)15-13-8-10(2)19-16-13/h4-8,11H,1-3H3,(H,15,16,17). The molecule has 100 valence electrons. The van der Waals surface area contributed by atoms with E-state index in [1.807, 2.05) is 31.2 Å². The number of benzene rings is 1. The second-order valence-corrected chi connectivity index (χ2v) is 4.39. The molecule has 0 radical (unpaired) electrons. The van der Waals surface area contributed by atoms with Crippen LogP contribution in [0.2, 0.25) is 0 Å². The Morgan fingerprint density at radius 3 is 2.58 bits per heavy atom. The number of aryl methyl sites for hydroxylation is 2. The van der Waals surface area contributed by atoms with Crippen molar-refractivity contribution in [2.75, 3.05) is 5.32 Å². The van der Waals surface area contributed by atoms with Gasteiger partial charge in [0.25, 0.3) is 5.91 Å². The maximum absolute atomic E-state index is 11.9. The topological polar surface area (TPSA) is 64.4 Å². The molecule has 5 nitrogen and oxygen atoms in total. The third-order valence-electron chi connectivity index (χ3n) is 2.58. The Morgan fingerprint density at radius 2 is 2.00 bits per heavy atom. The first-order valence-corrected chi connectivity index (χ1v) is 6.02. The van der Waals surface area contributed by atoms with Crippen LogP contribution in [0.25, 0.3) is 0 Å². The van der Waals surface area contributed by atoms with Crippen LogP contribution in [-0.4, -0.2) is 17.2 Å². The molecule has 1 aromatic heterocycles. The molecule has 0 spiro atoms. The monoisotopic (exact) mass is 260 g/mol. The highest BCUT2D eigenvalue weighted by atomic mass is 16.5. The van der Waals surface area contributed by atoms with Crippen LogP contribution in [0.1, 0.15) is 18.2 Å². The van der Waals surface area contributed by atoms with E-state index in [-0.39, 0.29) is 5.91 Å². The van der Waals surface area contributed by atoms with Gasteiger partial charge in [0.15, 0.2) is 11.9 Å². The number of nitrogens with zero attached hydrogens (tertiary/aromatic N) is 1.